The number of rotatable bonds is 12. The minimum absolute atomic E-state index is 0.0585. The fourth-order valence-corrected chi connectivity index (χ4v) is 4.34. The van der Waals surface area contributed by atoms with Crippen LogP contribution in [-0.4, -0.2) is 28.2 Å². The van der Waals surface area contributed by atoms with Crippen molar-refractivity contribution in [1.82, 2.24) is 4.98 Å². The van der Waals surface area contributed by atoms with E-state index in [2.05, 4.69) is 4.98 Å². The van der Waals surface area contributed by atoms with Gasteiger partial charge in [-0.1, -0.05) is 23.8 Å². The summed E-state index contributed by atoms with van der Waals surface area (Å²) in [7, 11) is 0. The Kier molecular flexibility index (Phi) is 8.36. The molecule has 2 heterocycles. The number of amides is 1. The van der Waals surface area contributed by atoms with Gasteiger partial charge in [0.2, 0.25) is 5.91 Å². The van der Waals surface area contributed by atoms with Crippen LogP contribution in [0.2, 0.25) is 0 Å². The third-order valence-corrected chi connectivity index (χ3v) is 6.50. The number of nitrogens with two attached hydrogens (primary N) is 1. The second kappa shape index (κ2) is 11.8. The third kappa shape index (κ3) is 7.05. The van der Waals surface area contributed by atoms with Crippen molar-refractivity contribution >= 4 is 16.9 Å². The molecule has 0 bridgehead atoms. The molecule has 0 spiro atoms. The quantitative estimate of drug-likeness (QED) is 0.221. The first-order chi connectivity index (χ1) is 17.8. The number of primary amides is 1. The molecule has 7 heteroatoms. The molecular weight excluding hydrogens is 468 g/mol. The minimum atomic E-state index is -1.89. The molecule has 3 N–H and O–H groups in total. The number of carbonyl (C=O) groups is 1. The van der Waals surface area contributed by atoms with Crippen LogP contribution >= 0.6 is 0 Å². The van der Waals surface area contributed by atoms with Crippen molar-refractivity contribution in [3.8, 4) is 5.75 Å². The van der Waals surface area contributed by atoms with Crippen molar-refractivity contribution in [3.63, 3.8) is 0 Å². The topological polar surface area (TPSA) is 116 Å². The molecule has 7 nitrogen and oxygen atoms in total. The largest absolute Gasteiger partial charge is 0.494 e. The van der Waals surface area contributed by atoms with Crippen LogP contribution in [0.1, 0.15) is 41.5 Å². The molecule has 4 aromatic rings. The van der Waals surface area contributed by atoms with Crippen molar-refractivity contribution in [2.45, 2.75) is 51.0 Å². The molecule has 4 rings (SSSR count). The zero-order valence-electron chi connectivity index (χ0n) is 21.0. The monoisotopic (exact) mass is 500 g/mol. The molecule has 2 aromatic carbocycles. The number of benzene rings is 2. The summed E-state index contributed by atoms with van der Waals surface area (Å²) >= 11 is 0. The summed E-state index contributed by atoms with van der Waals surface area (Å²) < 4.78 is 11.3. The number of unbranched alkanes of at least 4 members (excludes halogenated alkanes) is 1. The van der Waals surface area contributed by atoms with E-state index in [0.29, 0.717) is 18.6 Å². The van der Waals surface area contributed by atoms with Crippen LogP contribution in [0.25, 0.3) is 11.0 Å². The predicted octanol–water partition coefficient (Wildman–Crippen LogP) is 4.29. The molecule has 0 aliphatic heterocycles. The number of hydrogen-bond acceptors (Lipinski definition) is 6. The lowest BCUT2D eigenvalue weighted by atomic mass is 9.88. The first-order valence-corrected chi connectivity index (χ1v) is 12.5. The molecule has 1 unspecified atom stereocenters. The van der Waals surface area contributed by atoms with Crippen LogP contribution in [0.15, 0.2) is 82.3 Å². The smallest absolute Gasteiger partial charge is 0.339 e. The highest BCUT2D eigenvalue weighted by Crippen LogP contribution is 2.23. The number of aryl methyl sites for hydroxylation is 3. The van der Waals surface area contributed by atoms with Gasteiger partial charge in [0.05, 0.1) is 6.61 Å². The van der Waals surface area contributed by atoms with E-state index in [4.69, 9.17) is 14.9 Å². The van der Waals surface area contributed by atoms with E-state index in [1.54, 1.807) is 24.5 Å². The standard InChI is InChI=1S/C30H32N2O5/c1-21-8-9-27-24(17-21)19-25(28(33)37-27)20-30(35,29(31)34)13-10-23-6-4-7-26(18-23)36-16-3-2-5-22-11-14-32-15-12-22/h4,6-9,11-12,14-15,17-19,35H,2-3,5,10,13,16,20H2,1H3,(H2,31,34). The molecule has 0 aliphatic rings. The summed E-state index contributed by atoms with van der Waals surface area (Å²) in [6.07, 6.45) is 6.73. The lowest BCUT2D eigenvalue weighted by Crippen LogP contribution is -2.47. The van der Waals surface area contributed by atoms with E-state index >= 15 is 0 Å². The van der Waals surface area contributed by atoms with E-state index < -0.39 is 17.1 Å². The van der Waals surface area contributed by atoms with Gasteiger partial charge in [-0.3, -0.25) is 9.78 Å². The fraction of sp³-hybridized carbons (Fsp3) is 0.300. The van der Waals surface area contributed by atoms with Crippen molar-refractivity contribution in [2.75, 3.05) is 6.61 Å². The minimum Gasteiger partial charge on any atom is -0.494 e. The van der Waals surface area contributed by atoms with Gasteiger partial charge in [0.1, 0.15) is 16.9 Å². The summed E-state index contributed by atoms with van der Waals surface area (Å²) in [6.45, 7) is 2.53. The molecule has 192 valence electrons. The maximum atomic E-state index is 12.5. The molecule has 0 aliphatic carbocycles. The fourth-order valence-electron chi connectivity index (χ4n) is 4.34. The number of fused-ring (bicyclic) bond motifs is 1. The molecule has 1 atom stereocenters. The van der Waals surface area contributed by atoms with Crippen LogP contribution in [0.3, 0.4) is 0 Å². The summed E-state index contributed by atoms with van der Waals surface area (Å²) in [5, 5.41) is 11.9. The van der Waals surface area contributed by atoms with Gasteiger partial charge < -0.3 is 20.0 Å². The van der Waals surface area contributed by atoms with Gasteiger partial charge in [0, 0.05) is 29.8 Å². The number of aliphatic hydroxyl groups is 1. The van der Waals surface area contributed by atoms with Gasteiger partial charge in [-0.2, -0.15) is 0 Å². The Hall–Kier alpha value is -3.97. The predicted molar refractivity (Wildman–Crippen MR) is 143 cm³/mol. The van der Waals surface area contributed by atoms with E-state index in [-0.39, 0.29) is 18.4 Å². The normalized spacial score (nSPS) is 12.8. The Morgan fingerprint density at radius 2 is 1.84 bits per heavy atom. The maximum Gasteiger partial charge on any atom is 0.339 e. The highest BCUT2D eigenvalue weighted by atomic mass is 16.5. The second-order valence-electron chi connectivity index (χ2n) is 9.48. The maximum absolute atomic E-state index is 12.5. The average molecular weight is 501 g/mol. The Bertz CT molecular complexity index is 1420. The number of aromatic nitrogens is 1. The number of carbonyl (C=O) groups excluding carboxylic acids is 1. The van der Waals surface area contributed by atoms with Crippen LogP contribution in [0.5, 0.6) is 5.75 Å². The van der Waals surface area contributed by atoms with Crippen molar-refractivity contribution < 1.29 is 19.1 Å². The number of hydrogen-bond donors (Lipinski definition) is 2. The number of nitrogens with zero attached hydrogens (tertiary/aromatic N) is 1. The summed E-state index contributed by atoms with van der Waals surface area (Å²) in [5.74, 6) is -0.146. The van der Waals surface area contributed by atoms with Crippen LogP contribution < -0.4 is 16.1 Å². The van der Waals surface area contributed by atoms with Gasteiger partial charge in [-0.15, -0.1) is 0 Å². The Balaban J connectivity index is 1.35. The van der Waals surface area contributed by atoms with Gasteiger partial charge in [-0.05, 0) is 92.6 Å². The van der Waals surface area contributed by atoms with Gasteiger partial charge in [-0.25, -0.2) is 4.79 Å². The molecule has 37 heavy (non-hydrogen) atoms. The molecular formula is C30H32N2O5. The molecule has 0 radical (unpaired) electrons. The molecule has 0 saturated heterocycles. The van der Waals surface area contributed by atoms with Gasteiger partial charge in [0.25, 0.3) is 0 Å². The molecule has 2 aromatic heterocycles. The van der Waals surface area contributed by atoms with Crippen molar-refractivity contribution in [3.05, 3.63) is 106 Å². The average Bonchev–Trinajstić information content (AvgIpc) is 2.89. The molecule has 0 fully saturated rings. The highest BCUT2D eigenvalue weighted by Gasteiger charge is 2.35. The molecule has 1 amide bonds. The SMILES string of the molecule is Cc1ccc2oc(=O)c(CC(O)(CCc3cccc(OCCCCc4ccncc4)c3)C(N)=O)cc2c1. The first-order valence-electron chi connectivity index (χ1n) is 12.5. The Morgan fingerprint density at radius 1 is 1.03 bits per heavy atom. The van der Waals surface area contributed by atoms with Crippen molar-refractivity contribution in [2.24, 2.45) is 5.73 Å². The first kappa shape index (κ1) is 26.1. The van der Waals surface area contributed by atoms with E-state index in [1.165, 1.54) is 5.56 Å². The second-order valence-corrected chi connectivity index (χ2v) is 9.48. The van der Waals surface area contributed by atoms with Crippen LogP contribution in [-0.2, 0) is 24.1 Å². The third-order valence-electron chi connectivity index (χ3n) is 6.50. The summed E-state index contributed by atoms with van der Waals surface area (Å²) in [5.41, 5.74) is 6.94. The van der Waals surface area contributed by atoms with Crippen LogP contribution in [0, 0.1) is 6.92 Å². The zero-order chi connectivity index (χ0) is 26.3. The number of pyridine rings is 1. The van der Waals surface area contributed by atoms with E-state index in [9.17, 15) is 14.7 Å². The number of ether oxygens (including phenoxy) is 1. The van der Waals surface area contributed by atoms with Crippen LogP contribution in [0.4, 0.5) is 0 Å². The lowest BCUT2D eigenvalue weighted by molar-refractivity contribution is -0.136. The van der Waals surface area contributed by atoms with Gasteiger partial charge >= 0.3 is 5.63 Å². The van der Waals surface area contributed by atoms with Gasteiger partial charge in [0.15, 0.2) is 0 Å². The van der Waals surface area contributed by atoms with E-state index in [1.807, 2.05) is 55.5 Å². The van der Waals surface area contributed by atoms with Crippen molar-refractivity contribution in [1.29, 1.82) is 0 Å². The zero-order valence-corrected chi connectivity index (χ0v) is 21.0. The highest BCUT2D eigenvalue weighted by molar-refractivity contribution is 5.84. The lowest BCUT2D eigenvalue weighted by Gasteiger charge is -2.24. The summed E-state index contributed by atoms with van der Waals surface area (Å²) in [4.78, 5) is 28.8. The Labute approximate surface area is 215 Å². The Morgan fingerprint density at radius 3 is 2.62 bits per heavy atom. The molecule has 0 saturated carbocycles. The van der Waals surface area contributed by atoms with E-state index in [0.717, 1.165) is 41.5 Å². The summed E-state index contributed by atoms with van der Waals surface area (Å²) in [6, 6.07) is 18.7.